The van der Waals surface area contributed by atoms with Gasteiger partial charge in [0.05, 0.1) is 11.4 Å². The van der Waals surface area contributed by atoms with Gasteiger partial charge in [0.25, 0.3) is 5.91 Å². The average molecular weight is 461 g/mol. The molecule has 2 aliphatic heterocycles. The van der Waals surface area contributed by atoms with Gasteiger partial charge in [-0.25, -0.2) is 4.98 Å². The minimum absolute atomic E-state index is 0.00120. The molecule has 1 amide bonds. The van der Waals surface area contributed by atoms with Gasteiger partial charge in [-0.05, 0) is 12.1 Å². The first-order valence-electron chi connectivity index (χ1n) is 11.2. The third-order valence-corrected chi connectivity index (χ3v) is 7.01. The monoisotopic (exact) mass is 460 g/mol. The summed E-state index contributed by atoms with van der Waals surface area (Å²) in [4.78, 5) is 23.2. The van der Waals surface area contributed by atoms with Gasteiger partial charge in [0.2, 0.25) is 6.10 Å². The second kappa shape index (κ2) is 8.53. The van der Waals surface area contributed by atoms with Crippen molar-refractivity contribution in [3.8, 4) is 22.8 Å². The lowest BCUT2D eigenvalue weighted by atomic mass is 10.1. The van der Waals surface area contributed by atoms with Crippen LogP contribution in [0.15, 0.2) is 66.2 Å². The fourth-order valence-corrected chi connectivity index (χ4v) is 5.23. The molecule has 8 heteroatoms. The van der Waals surface area contributed by atoms with Crippen LogP contribution >= 0.6 is 11.3 Å². The predicted molar refractivity (Wildman–Crippen MR) is 127 cm³/mol. The Bertz CT molecular complexity index is 1280. The van der Waals surface area contributed by atoms with E-state index in [9.17, 15) is 4.79 Å². The zero-order valence-corrected chi connectivity index (χ0v) is 18.9. The number of aromatic nitrogens is 2. The maximum atomic E-state index is 13.1. The highest BCUT2D eigenvalue weighted by atomic mass is 32.1. The van der Waals surface area contributed by atoms with E-state index < -0.39 is 6.10 Å². The van der Waals surface area contributed by atoms with Gasteiger partial charge >= 0.3 is 0 Å². The summed E-state index contributed by atoms with van der Waals surface area (Å²) >= 11 is 1.65. The summed E-state index contributed by atoms with van der Waals surface area (Å²) in [5.41, 5.74) is 3.36. The normalized spacial score (nSPS) is 18.5. The van der Waals surface area contributed by atoms with Gasteiger partial charge in [-0.2, -0.15) is 0 Å². The third kappa shape index (κ3) is 3.85. The Morgan fingerprint density at radius 3 is 2.58 bits per heavy atom. The van der Waals surface area contributed by atoms with Crippen LogP contribution in [0.5, 0.6) is 11.5 Å². The van der Waals surface area contributed by atoms with Gasteiger partial charge < -0.3 is 14.4 Å². The van der Waals surface area contributed by atoms with Crippen molar-refractivity contribution in [3.63, 3.8) is 0 Å². The second-order valence-electron chi connectivity index (χ2n) is 8.29. The van der Waals surface area contributed by atoms with E-state index in [1.54, 1.807) is 11.3 Å². The molecule has 0 aliphatic carbocycles. The smallest absolute Gasteiger partial charge is 0.267 e. The first-order chi connectivity index (χ1) is 16.3. The summed E-state index contributed by atoms with van der Waals surface area (Å²) in [6.45, 7) is 4.01. The number of hydrogen-bond acceptors (Lipinski definition) is 6. The molecule has 0 N–H and O–H groups in total. The van der Waals surface area contributed by atoms with Gasteiger partial charge in [-0.1, -0.05) is 42.5 Å². The number of rotatable bonds is 4. The molecule has 4 aromatic rings. The predicted octanol–water partition coefficient (Wildman–Crippen LogP) is 3.55. The molecule has 1 unspecified atom stereocenters. The Kier molecular flexibility index (Phi) is 5.24. The van der Waals surface area contributed by atoms with Crippen LogP contribution in [0, 0.1) is 0 Å². The molecule has 2 aliphatic rings. The van der Waals surface area contributed by atoms with E-state index in [1.165, 1.54) is 5.69 Å². The molecule has 0 bridgehead atoms. The van der Waals surface area contributed by atoms with Crippen molar-refractivity contribution in [3.05, 3.63) is 71.9 Å². The van der Waals surface area contributed by atoms with Gasteiger partial charge in [-0.15, -0.1) is 11.3 Å². The number of benzene rings is 2. The van der Waals surface area contributed by atoms with Crippen LogP contribution in [0.2, 0.25) is 0 Å². The molecule has 4 heterocycles. The quantitative estimate of drug-likeness (QED) is 0.466. The number of fused-ring (bicyclic) bond motifs is 2. The Morgan fingerprint density at radius 2 is 1.76 bits per heavy atom. The minimum Gasteiger partial charge on any atom is -0.485 e. The molecule has 1 atom stereocenters. The van der Waals surface area contributed by atoms with E-state index in [4.69, 9.17) is 14.5 Å². The van der Waals surface area contributed by atoms with Gasteiger partial charge in [0, 0.05) is 49.9 Å². The van der Waals surface area contributed by atoms with Crippen molar-refractivity contribution >= 4 is 22.2 Å². The lowest BCUT2D eigenvalue weighted by Crippen LogP contribution is -2.53. The zero-order chi connectivity index (χ0) is 22.2. The average Bonchev–Trinajstić information content (AvgIpc) is 3.47. The maximum Gasteiger partial charge on any atom is 0.267 e. The van der Waals surface area contributed by atoms with Crippen molar-refractivity contribution in [2.24, 2.45) is 0 Å². The standard InChI is InChI=1S/C25H24N4O3S/c30-24(22-17-31-20-8-4-5-9-21(20)32-22)28-12-10-27(11-13-28)16-19-23(18-6-2-1-3-7-18)26-25-29(19)14-15-33-25/h1-9,14-15,22H,10-13,16-17H2. The molecule has 1 fully saturated rings. The number of carbonyl (C=O) groups excluding carboxylic acids is 1. The summed E-state index contributed by atoms with van der Waals surface area (Å²) in [5, 5.41) is 2.07. The van der Waals surface area contributed by atoms with Crippen molar-refractivity contribution in [2.45, 2.75) is 12.6 Å². The van der Waals surface area contributed by atoms with E-state index in [1.807, 2.05) is 47.4 Å². The fraction of sp³-hybridized carbons (Fsp3) is 0.280. The van der Waals surface area contributed by atoms with Crippen LogP contribution < -0.4 is 9.47 Å². The number of amides is 1. The van der Waals surface area contributed by atoms with Crippen LogP contribution in [0.25, 0.3) is 16.2 Å². The zero-order valence-electron chi connectivity index (χ0n) is 18.1. The number of ether oxygens (including phenoxy) is 2. The molecule has 0 radical (unpaired) electrons. The lowest BCUT2D eigenvalue weighted by molar-refractivity contribution is -0.143. The van der Waals surface area contributed by atoms with Crippen LogP contribution in [0.4, 0.5) is 0 Å². The highest BCUT2D eigenvalue weighted by molar-refractivity contribution is 7.15. The van der Waals surface area contributed by atoms with E-state index >= 15 is 0 Å². The van der Waals surface area contributed by atoms with Crippen molar-refractivity contribution in [1.82, 2.24) is 19.2 Å². The number of carbonyl (C=O) groups is 1. The summed E-state index contributed by atoms with van der Waals surface area (Å²) in [6, 6.07) is 17.8. The highest BCUT2D eigenvalue weighted by Gasteiger charge is 2.33. The number of hydrogen-bond donors (Lipinski definition) is 0. The first-order valence-corrected chi connectivity index (χ1v) is 12.0. The second-order valence-corrected chi connectivity index (χ2v) is 9.17. The first kappa shape index (κ1) is 20.3. The molecule has 0 spiro atoms. The summed E-state index contributed by atoms with van der Waals surface area (Å²) in [6.07, 6.45) is 1.50. The van der Waals surface area contributed by atoms with Gasteiger partial charge in [0.1, 0.15) is 6.61 Å². The SMILES string of the molecule is O=C(C1COc2ccccc2O1)N1CCN(Cc2c(-c3ccccc3)nc3sccn23)CC1. The Morgan fingerprint density at radius 1 is 1.00 bits per heavy atom. The topological polar surface area (TPSA) is 59.3 Å². The molecule has 7 nitrogen and oxygen atoms in total. The molecule has 1 saturated heterocycles. The van der Waals surface area contributed by atoms with E-state index in [-0.39, 0.29) is 12.5 Å². The van der Waals surface area contributed by atoms with Crippen LogP contribution in [0.1, 0.15) is 5.69 Å². The molecule has 2 aromatic heterocycles. The number of imidazole rings is 1. The molecule has 2 aromatic carbocycles. The van der Waals surface area contributed by atoms with Crippen molar-refractivity contribution in [1.29, 1.82) is 0 Å². The molecule has 0 saturated carbocycles. The van der Waals surface area contributed by atoms with Crippen molar-refractivity contribution in [2.75, 3.05) is 32.8 Å². The Labute approximate surface area is 195 Å². The highest BCUT2D eigenvalue weighted by Crippen LogP contribution is 2.32. The van der Waals surface area contributed by atoms with Crippen LogP contribution in [-0.4, -0.2) is 64.0 Å². The van der Waals surface area contributed by atoms with Gasteiger partial charge in [-0.3, -0.25) is 14.1 Å². The molecule has 33 heavy (non-hydrogen) atoms. The largest absolute Gasteiger partial charge is 0.485 e. The number of thiazole rings is 1. The fourth-order valence-electron chi connectivity index (χ4n) is 4.49. The lowest BCUT2D eigenvalue weighted by Gasteiger charge is -2.37. The van der Waals surface area contributed by atoms with E-state index in [2.05, 4.69) is 33.0 Å². The molecular weight excluding hydrogens is 436 g/mol. The van der Waals surface area contributed by atoms with Gasteiger partial charge in [0.15, 0.2) is 16.5 Å². The Hall–Kier alpha value is -3.36. The summed E-state index contributed by atoms with van der Waals surface area (Å²) in [7, 11) is 0. The van der Waals surface area contributed by atoms with Crippen LogP contribution in [0.3, 0.4) is 0 Å². The van der Waals surface area contributed by atoms with E-state index in [0.717, 1.165) is 35.9 Å². The number of nitrogens with zero attached hydrogens (tertiary/aromatic N) is 4. The Balaban J connectivity index is 1.13. The van der Waals surface area contributed by atoms with Crippen LogP contribution in [-0.2, 0) is 11.3 Å². The maximum absolute atomic E-state index is 13.1. The molecule has 6 rings (SSSR count). The summed E-state index contributed by atoms with van der Waals surface area (Å²) < 4.78 is 13.8. The molecule has 168 valence electrons. The summed E-state index contributed by atoms with van der Waals surface area (Å²) in [5.74, 6) is 1.33. The molecular formula is C25H24N4O3S. The number of piperazine rings is 1. The van der Waals surface area contributed by atoms with Crippen molar-refractivity contribution < 1.29 is 14.3 Å². The van der Waals surface area contributed by atoms with E-state index in [0.29, 0.717) is 24.6 Å². The third-order valence-electron chi connectivity index (χ3n) is 6.25. The minimum atomic E-state index is -0.587. The number of para-hydroxylation sites is 2.